The minimum atomic E-state index is 0.0998. The van der Waals surface area contributed by atoms with E-state index in [0.29, 0.717) is 0 Å². The standard InChI is InChI=1S/C17H23N3OS.C2H6.CH5N/c1-12-20-15(11-22-12)7-5-3-4-6-13-10-14(17(18)19)8-9-16(13)21-2;2*1-2/h8-11H,3-7H2,1-2H3,(H3,18,19);1-2H3;2H2,1H3. The van der Waals surface area contributed by atoms with Crippen LogP contribution in [0.4, 0.5) is 0 Å². The van der Waals surface area contributed by atoms with E-state index >= 15 is 0 Å². The van der Waals surface area contributed by atoms with E-state index in [1.54, 1.807) is 18.4 Å². The van der Waals surface area contributed by atoms with Gasteiger partial charge in [0.1, 0.15) is 11.6 Å². The quantitative estimate of drug-likeness (QED) is 0.362. The molecule has 146 valence electrons. The van der Waals surface area contributed by atoms with Crippen LogP contribution in [0.5, 0.6) is 5.75 Å². The van der Waals surface area contributed by atoms with Crippen LogP contribution < -0.4 is 16.2 Å². The number of amidine groups is 1. The predicted molar refractivity (Wildman–Crippen MR) is 114 cm³/mol. The van der Waals surface area contributed by atoms with Gasteiger partial charge in [-0.25, -0.2) is 4.98 Å². The smallest absolute Gasteiger partial charge is 0.122 e. The number of unbranched alkanes of at least 4 members (excludes halogenated alkanes) is 2. The SMILES string of the molecule is CC.CN.COc1ccc(C(=N)N)cc1CCCCCc1csc(C)n1. The van der Waals surface area contributed by atoms with Crippen molar-refractivity contribution in [3.8, 4) is 5.75 Å². The van der Waals surface area contributed by atoms with Gasteiger partial charge in [-0.2, -0.15) is 0 Å². The van der Waals surface area contributed by atoms with Crippen LogP contribution in [0, 0.1) is 12.3 Å². The van der Waals surface area contributed by atoms with E-state index in [1.165, 1.54) is 12.7 Å². The van der Waals surface area contributed by atoms with Crippen molar-refractivity contribution in [2.24, 2.45) is 11.5 Å². The summed E-state index contributed by atoms with van der Waals surface area (Å²) in [7, 11) is 3.18. The molecule has 0 atom stereocenters. The molecule has 0 radical (unpaired) electrons. The van der Waals surface area contributed by atoms with Gasteiger partial charge in [-0.3, -0.25) is 5.41 Å². The van der Waals surface area contributed by atoms with Gasteiger partial charge in [-0.05, 0) is 63.4 Å². The van der Waals surface area contributed by atoms with Crippen LogP contribution >= 0.6 is 11.3 Å². The molecule has 0 saturated carbocycles. The predicted octanol–water partition coefficient (Wildman–Crippen LogP) is 4.30. The lowest BCUT2D eigenvalue weighted by Gasteiger charge is -2.10. The maximum atomic E-state index is 7.53. The molecule has 0 aliphatic carbocycles. The lowest BCUT2D eigenvalue weighted by molar-refractivity contribution is 0.408. The molecule has 0 bridgehead atoms. The molecule has 5 N–H and O–H groups in total. The fourth-order valence-corrected chi connectivity index (χ4v) is 3.11. The molecule has 1 aromatic heterocycles. The van der Waals surface area contributed by atoms with Gasteiger partial charge < -0.3 is 16.2 Å². The Morgan fingerprint density at radius 1 is 1.15 bits per heavy atom. The number of benzene rings is 1. The van der Waals surface area contributed by atoms with Gasteiger partial charge in [0.2, 0.25) is 0 Å². The van der Waals surface area contributed by atoms with Crippen molar-refractivity contribution in [2.45, 2.75) is 52.9 Å². The van der Waals surface area contributed by atoms with E-state index < -0.39 is 0 Å². The largest absolute Gasteiger partial charge is 0.496 e. The second kappa shape index (κ2) is 14.3. The lowest BCUT2D eigenvalue weighted by Crippen LogP contribution is -2.11. The highest BCUT2D eigenvalue weighted by molar-refractivity contribution is 7.09. The number of hydrogen-bond acceptors (Lipinski definition) is 5. The van der Waals surface area contributed by atoms with Crippen molar-refractivity contribution < 1.29 is 4.74 Å². The molecule has 2 rings (SSSR count). The molecule has 0 saturated heterocycles. The molecule has 2 aromatic rings. The van der Waals surface area contributed by atoms with Crippen molar-refractivity contribution in [1.82, 2.24) is 4.98 Å². The summed E-state index contributed by atoms with van der Waals surface area (Å²) >= 11 is 1.71. The van der Waals surface area contributed by atoms with Gasteiger partial charge in [-0.1, -0.05) is 20.3 Å². The van der Waals surface area contributed by atoms with Gasteiger partial charge >= 0.3 is 0 Å². The molecule has 0 unspecified atom stereocenters. The van der Waals surface area contributed by atoms with E-state index in [9.17, 15) is 0 Å². The number of methoxy groups -OCH3 is 1. The topological polar surface area (TPSA) is 98.0 Å². The second-order valence-corrected chi connectivity index (χ2v) is 6.42. The normalized spacial score (nSPS) is 9.46. The first-order chi connectivity index (χ1) is 12.6. The summed E-state index contributed by atoms with van der Waals surface area (Å²) in [5.41, 5.74) is 13.1. The van der Waals surface area contributed by atoms with Gasteiger partial charge in [-0.15, -0.1) is 11.3 Å². The second-order valence-electron chi connectivity index (χ2n) is 5.36. The molecule has 0 amide bonds. The highest BCUT2D eigenvalue weighted by atomic mass is 32.1. The van der Waals surface area contributed by atoms with Crippen LogP contribution in [0.1, 0.15) is 54.9 Å². The molecule has 1 aromatic carbocycles. The summed E-state index contributed by atoms with van der Waals surface area (Å²) in [4.78, 5) is 4.49. The van der Waals surface area contributed by atoms with Gasteiger partial charge in [0.15, 0.2) is 0 Å². The first kappa shape index (κ1) is 24.1. The lowest BCUT2D eigenvalue weighted by atomic mass is 10.0. The molecular weight excluding hydrogens is 344 g/mol. The zero-order valence-corrected chi connectivity index (χ0v) is 17.6. The molecule has 1 heterocycles. The Bertz CT molecular complexity index is 640. The number of hydrogen-bond donors (Lipinski definition) is 3. The van der Waals surface area contributed by atoms with E-state index in [2.05, 4.69) is 16.1 Å². The summed E-state index contributed by atoms with van der Waals surface area (Å²) in [6, 6.07) is 5.68. The summed E-state index contributed by atoms with van der Waals surface area (Å²) in [6.45, 7) is 6.04. The number of nitrogen functional groups attached to an aromatic ring is 1. The highest BCUT2D eigenvalue weighted by Gasteiger charge is 2.06. The first-order valence-corrected chi connectivity index (χ1v) is 9.98. The third-order valence-corrected chi connectivity index (χ3v) is 4.46. The van der Waals surface area contributed by atoms with Crippen molar-refractivity contribution in [3.63, 3.8) is 0 Å². The highest BCUT2D eigenvalue weighted by Crippen LogP contribution is 2.22. The third kappa shape index (κ3) is 8.45. The Kier molecular flexibility index (Phi) is 13.2. The number of ether oxygens (including phenoxy) is 1. The Morgan fingerprint density at radius 3 is 2.35 bits per heavy atom. The van der Waals surface area contributed by atoms with E-state index in [-0.39, 0.29) is 5.84 Å². The summed E-state index contributed by atoms with van der Waals surface area (Å²) in [6.07, 6.45) is 5.40. The monoisotopic (exact) mass is 378 g/mol. The average Bonchev–Trinajstić information content (AvgIpc) is 3.09. The van der Waals surface area contributed by atoms with E-state index in [4.69, 9.17) is 15.9 Å². The van der Waals surface area contributed by atoms with Crippen LogP contribution in [0.15, 0.2) is 23.6 Å². The Balaban J connectivity index is 0.00000146. The molecular formula is C20H34N4OS. The van der Waals surface area contributed by atoms with E-state index in [0.717, 1.165) is 54.0 Å². The molecule has 0 spiro atoms. The van der Waals surface area contributed by atoms with Crippen LogP contribution in [0.3, 0.4) is 0 Å². The Morgan fingerprint density at radius 2 is 1.81 bits per heavy atom. The van der Waals surface area contributed by atoms with Crippen LogP contribution in [0.2, 0.25) is 0 Å². The Labute approximate surface area is 162 Å². The van der Waals surface area contributed by atoms with Crippen molar-refractivity contribution in [3.05, 3.63) is 45.4 Å². The first-order valence-electron chi connectivity index (χ1n) is 9.10. The van der Waals surface area contributed by atoms with Crippen molar-refractivity contribution >= 4 is 17.2 Å². The van der Waals surface area contributed by atoms with Crippen LogP contribution in [-0.4, -0.2) is 25.0 Å². The molecule has 5 nitrogen and oxygen atoms in total. The van der Waals surface area contributed by atoms with E-state index in [1.807, 2.05) is 39.0 Å². The summed E-state index contributed by atoms with van der Waals surface area (Å²) < 4.78 is 5.39. The van der Waals surface area contributed by atoms with Crippen LogP contribution in [-0.2, 0) is 12.8 Å². The Hall–Kier alpha value is -1.92. The third-order valence-electron chi connectivity index (χ3n) is 3.64. The van der Waals surface area contributed by atoms with Gasteiger partial charge in [0, 0.05) is 10.9 Å². The zero-order chi connectivity index (χ0) is 19.9. The number of rotatable bonds is 8. The maximum absolute atomic E-state index is 7.53. The van der Waals surface area contributed by atoms with Gasteiger partial charge in [0.25, 0.3) is 0 Å². The molecule has 0 aliphatic rings. The maximum Gasteiger partial charge on any atom is 0.122 e. The van der Waals surface area contributed by atoms with Gasteiger partial charge in [0.05, 0.1) is 17.8 Å². The minimum absolute atomic E-state index is 0.0998. The molecule has 26 heavy (non-hydrogen) atoms. The number of aromatic nitrogens is 1. The zero-order valence-electron chi connectivity index (χ0n) is 16.8. The number of aryl methyl sites for hydroxylation is 3. The fourth-order valence-electron chi connectivity index (χ4n) is 2.46. The number of nitrogens with two attached hydrogens (primary N) is 2. The van der Waals surface area contributed by atoms with Crippen molar-refractivity contribution in [2.75, 3.05) is 14.2 Å². The average molecular weight is 379 g/mol. The molecule has 0 aliphatic heterocycles. The molecule has 0 fully saturated rings. The summed E-state index contributed by atoms with van der Waals surface area (Å²) in [5.74, 6) is 0.975. The number of nitrogens with one attached hydrogen (secondary N) is 1. The van der Waals surface area contributed by atoms with Crippen molar-refractivity contribution in [1.29, 1.82) is 5.41 Å². The molecule has 6 heteroatoms. The number of nitrogens with zero attached hydrogens (tertiary/aromatic N) is 1. The fraction of sp³-hybridized carbons (Fsp3) is 0.500. The summed E-state index contributed by atoms with van der Waals surface area (Å²) in [5, 5.41) is 10.8. The number of thiazole rings is 1. The minimum Gasteiger partial charge on any atom is -0.496 e. The van der Waals surface area contributed by atoms with Crippen LogP contribution in [0.25, 0.3) is 0 Å².